The second-order valence-electron chi connectivity index (χ2n) is 6.05. The van der Waals surface area contributed by atoms with E-state index in [1.807, 2.05) is 18.2 Å². The topological polar surface area (TPSA) is 55.8 Å². The number of carboxylic acids is 1. The van der Waals surface area contributed by atoms with Crippen LogP contribution in [0.1, 0.15) is 18.5 Å². The Balaban J connectivity index is 2.21. The van der Waals surface area contributed by atoms with Crippen molar-refractivity contribution >= 4 is 5.97 Å². The van der Waals surface area contributed by atoms with Crippen molar-refractivity contribution < 1.29 is 9.90 Å². The van der Waals surface area contributed by atoms with E-state index in [0.717, 1.165) is 19.6 Å². The Hall–Kier alpha value is -1.43. The Morgan fingerprint density at radius 2 is 2.05 bits per heavy atom. The maximum Gasteiger partial charge on any atom is 0.324 e. The lowest BCUT2D eigenvalue weighted by molar-refractivity contribution is -0.145. The number of carbonyl (C=O) groups is 1. The van der Waals surface area contributed by atoms with E-state index in [1.54, 1.807) is 14.0 Å². The molecule has 2 N–H and O–H groups in total. The molecule has 0 spiro atoms. The average Bonchev–Trinajstić information content (AvgIpc) is 2.49. The first-order valence-electron chi connectivity index (χ1n) is 7.36. The van der Waals surface area contributed by atoms with Gasteiger partial charge in [-0.2, -0.15) is 0 Å². The van der Waals surface area contributed by atoms with Crippen molar-refractivity contribution in [2.24, 2.45) is 0 Å². The molecule has 0 bridgehead atoms. The summed E-state index contributed by atoms with van der Waals surface area (Å²) in [5.74, 6) is -0.810. The van der Waals surface area contributed by atoms with Crippen LogP contribution in [-0.4, -0.2) is 66.7 Å². The van der Waals surface area contributed by atoms with Gasteiger partial charge in [0.25, 0.3) is 0 Å². The molecule has 2 rings (SSSR count). The highest BCUT2D eigenvalue weighted by Gasteiger charge is 2.37. The zero-order chi connectivity index (χ0) is 15.5. The lowest BCUT2D eigenvalue weighted by Gasteiger charge is -2.43. The van der Waals surface area contributed by atoms with Gasteiger partial charge in [-0.25, -0.2) is 0 Å². The first-order valence-corrected chi connectivity index (χ1v) is 7.36. The minimum absolute atomic E-state index is 0.233. The Labute approximate surface area is 126 Å². The first-order chi connectivity index (χ1) is 9.96. The molecule has 5 nitrogen and oxygen atoms in total. The summed E-state index contributed by atoms with van der Waals surface area (Å²) >= 11 is 0. The first kappa shape index (κ1) is 15.9. The number of aliphatic carboxylic acids is 1. The highest BCUT2D eigenvalue weighted by atomic mass is 16.4. The predicted octanol–water partition coefficient (Wildman–Crippen LogP) is 1.04. The normalized spacial score (nSPS) is 23.7. The standard InChI is InChI=1S/C16H25N3O2/c1-16(17-2,15(20)21)12-19-10-9-18(3)11-14(19)13-7-5-4-6-8-13/h4-8,14,17H,9-12H2,1-3H3,(H,20,21). The molecule has 5 heteroatoms. The summed E-state index contributed by atoms with van der Waals surface area (Å²) in [5.41, 5.74) is 0.316. The smallest absolute Gasteiger partial charge is 0.324 e. The molecule has 1 heterocycles. The molecule has 2 atom stereocenters. The number of nitrogens with zero attached hydrogens (tertiary/aromatic N) is 2. The highest BCUT2D eigenvalue weighted by molar-refractivity contribution is 5.78. The van der Waals surface area contributed by atoms with Gasteiger partial charge in [0, 0.05) is 32.2 Å². The van der Waals surface area contributed by atoms with E-state index in [9.17, 15) is 9.90 Å². The molecular weight excluding hydrogens is 266 g/mol. The SMILES string of the molecule is CNC(C)(CN1CCN(C)CC1c1ccccc1)C(=O)O. The van der Waals surface area contributed by atoms with Crippen LogP contribution in [0, 0.1) is 0 Å². The summed E-state index contributed by atoms with van der Waals surface area (Å²) in [5, 5.41) is 12.4. The molecule has 0 aliphatic carbocycles. The summed E-state index contributed by atoms with van der Waals surface area (Å²) in [6.07, 6.45) is 0. The van der Waals surface area contributed by atoms with Crippen molar-refractivity contribution in [2.45, 2.75) is 18.5 Å². The van der Waals surface area contributed by atoms with Crippen LogP contribution in [0.3, 0.4) is 0 Å². The Morgan fingerprint density at radius 3 is 2.62 bits per heavy atom. The van der Waals surface area contributed by atoms with Crippen molar-refractivity contribution in [3.63, 3.8) is 0 Å². The summed E-state index contributed by atoms with van der Waals surface area (Å²) in [6, 6.07) is 10.6. The quantitative estimate of drug-likeness (QED) is 0.849. The molecule has 1 aromatic carbocycles. The molecule has 0 aromatic heterocycles. The summed E-state index contributed by atoms with van der Waals surface area (Å²) < 4.78 is 0. The van der Waals surface area contributed by atoms with Crippen LogP contribution < -0.4 is 5.32 Å². The lowest BCUT2D eigenvalue weighted by atomic mass is 9.97. The van der Waals surface area contributed by atoms with Crippen molar-refractivity contribution in [2.75, 3.05) is 40.3 Å². The molecular formula is C16H25N3O2. The number of carboxylic acid groups (broad SMARTS) is 1. The van der Waals surface area contributed by atoms with Gasteiger partial charge in [0.1, 0.15) is 5.54 Å². The molecule has 1 fully saturated rings. The molecule has 2 unspecified atom stereocenters. The molecule has 1 aliphatic heterocycles. The Morgan fingerprint density at radius 1 is 1.38 bits per heavy atom. The fraction of sp³-hybridized carbons (Fsp3) is 0.562. The average molecular weight is 291 g/mol. The third-order valence-corrected chi connectivity index (χ3v) is 4.42. The Bertz CT molecular complexity index is 480. The van der Waals surface area contributed by atoms with Crippen LogP contribution in [0.5, 0.6) is 0 Å². The molecule has 1 aromatic rings. The van der Waals surface area contributed by atoms with Crippen LogP contribution in [-0.2, 0) is 4.79 Å². The van der Waals surface area contributed by atoms with Gasteiger partial charge in [0.2, 0.25) is 0 Å². The summed E-state index contributed by atoms with van der Waals surface area (Å²) in [7, 11) is 3.82. The van der Waals surface area contributed by atoms with E-state index >= 15 is 0 Å². The van der Waals surface area contributed by atoms with Crippen LogP contribution in [0.25, 0.3) is 0 Å². The fourth-order valence-electron chi connectivity index (χ4n) is 2.80. The van der Waals surface area contributed by atoms with E-state index in [4.69, 9.17) is 0 Å². The molecule has 1 aliphatic rings. The second kappa shape index (κ2) is 6.56. The highest BCUT2D eigenvalue weighted by Crippen LogP contribution is 2.26. The third-order valence-electron chi connectivity index (χ3n) is 4.42. The minimum atomic E-state index is -0.928. The third kappa shape index (κ3) is 3.61. The van der Waals surface area contributed by atoms with Gasteiger partial charge in [-0.05, 0) is 26.6 Å². The van der Waals surface area contributed by atoms with E-state index in [2.05, 4.69) is 34.3 Å². The maximum atomic E-state index is 11.5. The molecule has 21 heavy (non-hydrogen) atoms. The number of rotatable bonds is 5. The lowest BCUT2D eigenvalue weighted by Crippen LogP contribution is -2.59. The van der Waals surface area contributed by atoms with Gasteiger partial charge in [-0.3, -0.25) is 9.69 Å². The summed E-state index contributed by atoms with van der Waals surface area (Å²) in [6.45, 7) is 4.99. The van der Waals surface area contributed by atoms with Gasteiger partial charge in [0.15, 0.2) is 0 Å². The number of likely N-dealkylation sites (N-methyl/N-ethyl adjacent to an activating group) is 2. The second-order valence-corrected chi connectivity index (χ2v) is 6.05. The van der Waals surface area contributed by atoms with Crippen molar-refractivity contribution in [3.8, 4) is 0 Å². The zero-order valence-electron chi connectivity index (χ0n) is 13.0. The van der Waals surface area contributed by atoms with Gasteiger partial charge in [-0.15, -0.1) is 0 Å². The number of hydrogen-bond acceptors (Lipinski definition) is 4. The Kier molecular flexibility index (Phi) is 4.98. The molecule has 0 amide bonds. The van der Waals surface area contributed by atoms with Crippen LogP contribution >= 0.6 is 0 Å². The monoisotopic (exact) mass is 291 g/mol. The van der Waals surface area contributed by atoms with Crippen LogP contribution in [0.2, 0.25) is 0 Å². The molecule has 1 saturated heterocycles. The van der Waals surface area contributed by atoms with E-state index < -0.39 is 11.5 Å². The number of benzene rings is 1. The van der Waals surface area contributed by atoms with Crippen LogP contribution in [0.15, 0.2) is 30.3 Å². The largest absolute Gasteiger partial charge is 0.480 e. The van der Waals surface area contributed by atoms with Crippen molar-refractivity contribution in [3.05, 3.63) is 35.9 Å². The van der Waals surface area contributed by atoms with Gasteiger partial charge in [0.05, 0.1) is 0 Å². The van der Waals surface area contributed by atoms with Crippen molar-refractivity contribution in [1.29, 1.82) is 0 Å². The van der Waals surface area contributed by atoms with E-state index in [0.29, 0.717) is 6.54 Å². The number of piperazine rings is 1. The maximum absolute atomic E-state index is 11.5. The number of nitrogens with one attached hydrogen (secondary N) is 1. The molecule has 0 saturated carbocycles. The van der Waals surface area contributed by atoms with Crippen LogP contribution in [0.4, 0.5) is 0 Å². The zero-order valence-corrected chi connectivity index (χ0v) is 13.0. The predicted molar refractivity (Wildman–Crippen MR) is 83.4 cm³/mol. The molecule has 116 valence electrons. The van der Waals surface area contributed by atoms with Crippen molar-refractivity contribution in [1.82, 2.24) is 15.1 Å². The summed E-state index contributed by atoms with van der Waals surface area (Å²) in [4.78, 5) is 16.1. The van der Waals surface area contributed by atoms with E-state index in [-0.39, 0.29) is 6.04 Å². The fourth-order valence-corrected chi connectivity index (χ4v) is 2.80. The van der Waals surface area contributed by atoms with E-state index in [1.165, 1.54) is 5.56 Å². The van der Waals surface area contributed by atoms with Gasteiger partial charge >= 0.3 is 5.97 Å². The minimum Gasteiger partial charge on any atom is -0.480 e. The van der Waals surface area contributed by atoms with Gasteiger partial charge in [-0.1, -0.05) is 30.3 Å². The number of hydrogen-bond donors (Lipinski definition) is 2. The van der Waals surface area contributed by atoms with Gasteiger partial charge < -0.3 is 15.3 Å². The molecule has 0 radical (unpaired) electrons.